The van der Waals surface area contributed by atoms with E-state index in [9.17, 15) is 4.79 Å². The number of aromatic amines is 1. The van der Waals surface area contributed by atoms with Gasteiger partial charge in [-0.25, -0.2) is 0 Å². The molecule has 1 aliphatic rings. The molecule has 2 rings (SSSR count). The van der Waals surface area contributed by atoms with Crippen molar-refractivity contribution in [2.45, 2.75) is 32.7 Å². The third-order valence-electron chi connectivity index (χ3n) is 2.98. The average molecular weight is 206 g/mol. The molecule has 3 nitrogen and oxygen atoms in total. The minimum Gasteiger partial charge on any atom is -0.358 e. The summed E-state index contributed by atoms with van der Waals surface area (Å²) in [5.74, 6) is 0.111. The van der Waals surface area contributed by atoms with Crippen molar-refractivity contribution in [2.75, 3.05) is 13.1 Å². The Labute approximate surface area is 90.5 Å². The first-order valence-corrected chi connectivity index (χ1v) is 5.66. The number of H-pyrrole nitrogens is 1. The highest BCUT2D eigenvalue weighted by Crippen LogP contribution is 2.13. The fourth-order valence-corrected chi connectivity index (χ4v) is 2.11. The van der Waals surface area contributed by atoms with E-state index in [1.54, 1.807) is 6.92 Å². The highest BCUT2D eigenvalue weighted by atomic mass is 16.1. The first-order chi connectivity index (χ1) is 7.25. The van der Waals surface area contributed by atoms with Crippen molar-refractivity contribution in [3.05, 3.63) is 23.5 Å². The predicted octanol–water partition coefficient (Wildman–Crippen LogP) is 2.20. The van der Waals surface area contributed by atoms with E-state index in [0.29, 0.717) is 0 Å². The minimum absolute atomic E-state index is 0.111. The maximum absolute atomic E-state index is 11.1. The van der Waals surface area contributed by atoms with Gasteiger partial charge in [-0.1, -0.05) is 6.42 Å². The standard InChI is InChI=1S/C12H18N2O/c1-10(15)12-7-11(8-13-12)9-14-5-3-2-4-6-14/h7-8,13H,2-6,9H2,1H3. The summed E-state index contributed by atoms with van der Waals surface area (Å²) < 4.78 is 0. The topological polar surface area (TPSA) is 36.1 Å². The zero-order valence-electron chi connectivity index (χ0n) is 9.25. The Balaban J connectivity index is 1.94. The van der Waals surface area contributed by atoms with E-state index in [0.717, 1.165) is 12.2 Å². The summed E-state index contributed by atoms with van der Waals surface area (Å²) in [5, 5.41) is 0. The lowest BCUT2D eigenvalue weighted by Crippen LogP contribution is -2.28. The van der Waals surface area contributed by atoms with Crippen molar-refractivity contribution in [3.8, 4) is 0 Å². The molecule has 1 aromatic rings. The van der Waals surface area contributed by atoms with E-state index in [1.807, 2.05) is 12.3 Å². The fourth-order valence-electron chi connectivity index (χ4n) is 2.11. The van der Waals surface area contributed by atoms with Crippen molar-refractivity contribution in [3.63, 3.8) is 0 Å². The molecule has 0 spiro atoms. The second kappa shape index (κ2) is 4.62. The molecule has 0 aromatic carbocycles. The molecule has 0 amide bonds. The van der Waals surface area contributed by atoms with Gasteiger partial charge in [-0.2, -0.15) is 0 Å². The van der Waals surface area contributed by atoms with Crippen LogP contribution in [0.2, 0.25) is 0 Å². The largest absolute Gasteiger partial charge is 0.358 e. The lowest BCUT2D eigenvalue weighted by molar-refractivity contribution is 0.101. The molecule has 0 bridgehead atoms. The Hall–Kier alpha value is -1.09. The number of ketones is 1. The second-order valence-corrected chi connectivity index (χ2v) is 4.31. The Kier molecular flexibility index (Phi) is 3.21. The number of rotatable bonds is 3. The highest BCUT2D eigenvalue weighted by Gasteiger charge is 2.11. The molecule has 0 radical (unpaired) electrons. The summed E-state index contributed by atoms with van der Waals surface area (Å²) in [7, 11) is 0. The molecule has 0 unspecified atom stereocenters. The Bertz CT molecular complexity index is 337. The molecule has 2 heterocycles. The SMILES string of the molecule is CC(=O)c1cc(CN2CCCCC2)c[nH]1. The smallest absolute Gasteiger partial charge is 0.175 e. The highest BCUT2D eigenvalue weighted by molar-refractivity contribution is 5.92. The van der Waals surface area contributed by atoms with Gasteiger partial charge < -0.3 is 4.98 Å². The summed E-state index contributed by atoms with van der Waals surface area (Å²) in [6.45, 7) is 4.96. The van der Waals surface area contributed by atoms with E-state index >= 15 is 0 Å². The maximum Gasteiger partial charge on any atom is 0.175 e. The second-order valence-electron chi connectivity index (χ2n) is 4.31. The van der Waals surface area contributed by atoms with Gasteiger partial charge in [-0.3, -0.25) is 9.69 Å². The van der Waals surface area contributed by atoms with Crippen LogP contribution in [0.15, 0.2) is 12.3 Å². The number of hydrogen-bond donors (Lipinski definition) is 1. The monoisotopic (exact) mass is 206 g/mol. The lowest BCUT2D eigenvalue weighted by atomic mass is 10.1. The van der Waals surface area contributed by atoms with Crippen LogP contribution in [0.1, 0.15) is 42.2 Å². The van der Waals surface area contributed by atoms with Gasteiger partial charge >= 0.3 is 0 Å². The lowest BCUT2D eigenvalue weighted by Gasteiger charge is -2.25. The van der Waals surface area contributed by atoms with E-state index in [1.165, 1.54) is 37.9 Å². The van der Waals surface area contributed by atoms with Crippen LogP contribution in [0.3, 0.4) is 0 Å². The zero-order valence-corrected chi connectivity index (χ0v) is 9.25. The van der Waals surface area contributed by atoms with Crippen molar-refractivity contribution in [2.24, 2.45) is 0 Å². The van der Waals surface area contributed by atoms with E-state index in [4.69, 9.17) is 0 Å². The quantitative estimate of drug-likeness (QED) is 0.770. The van der Waals surface area contributed by atoms with Gasteiger partial charge in [0.1, 0.15) is 0 Å². The van der Waals surface area contributed by atoms with E-state index in [2.05, 4.69) is 9.88 Å². The Morgan fingerprint density at radius 2 is 2.13 bits per heavy atom. The molecule has 0 aliphatic carbocycles. The number of nitrogens with zero attached hydrogens (tertiary/aromatic N) is 1. The van der Waals surface area contributed by atoms with Crippen LogP contribution < -0.4 is 0 Å². The zero-order chi connectivity index (χ0) is 10.7. The molecule has 15 heavy (non-hydrogen) atoms. The molecule has 3 heteroatoms. The summed E-state index contributed by atoms with van der Waals surface area (Å²) in [6.07, 6.45) is 5.93. The van der Waals surface area contributed by atoms with Gasteiger partial charge in [0.2, 0.25) is 0 Å². The molecular formula is C12H18N2O. The normalized spacial score (nSPS) is 17.9. The summed E-state index contributed by atoms with van der Waals surface area (Å²) in [5.41, 5.74) is 1.95. The van der Waals surface area contributed by atoms with Crippen LogP contribution in [0.5, 0.6) is 0 Å². The first-order valence-electron chi connectivity index (χ1n) is 5.66. The van der Waals surface area contributed by atoms with E-state index in [-0.39, 0.29) is 5.78 Å². The maximum atomic E-state index is 11.1. The fraction of sp³-hybridized carbons (Fsp3) is 0.583. The molecule has 1 aromatic heterocycles. The number of carbonyl (C=O) groups excluding carboxylic acids is 1. The number of aromatic nitrogens is 1. The molecule has 1 N–H and O–H groups in total. The number of hydrogen-bond acceptors (Lipinski definition) is 2. The van der Waals surface area contributed by atoms with Crippen LogP contribution in [-0.4, -0.2) is 28.8 Å². The molecule has 1 saturated heterocycles. The Morgan fingerprint density at radius 3 is 2.73 bits per heavy atom. The van der Waals surface area contributed by atoms with Crippen LogP contribution in [0.4, 0.5) is 0 Å². The van der Waals surface area contributed by atoms with Gasteiger partial charge in [-0.05, 0) is 37.6 Å². The van der Waals surface area contributed by atoms with Crippen molar-refractivity contribution < 1.29 is 4.79 Å². The van der Waals surface area contributed by atoms with Crippen LogP contribution in [-0.2, 0) is 6.54 Å². The van der Waals surface area contributed by atoms with Gasteiger partial charge in [0, 0.05) is 19.7 Å². The molecule has 0 atom stereocenters. The number of piperidine rings is 1. The van der Waals surface area contributed by atoms with E-state index < -0.39 is 0 Å². The van der Waals surface area contributed by atoms with Crippen LogP contribution in [0.25, 0.3) is 0 Å². The molecule has 0 saturated carbocycles. The molecular weight excluding hydrogens is 188 g/mol. The van der Waals surface area contributed by atoms with Crippen molar-refractivity contribution in [1.29, 1.82) is 0 Å². The third kappa shape index (κ3) is 2.69. The molecule has 1 aliphatic heterocycles. The molecule has 82 valence electrons. The number of likely N-dealkylation sites (tertiary alicyclic amines) is 1. The predicted molar refractivity (Wildman–Crippen MR) is 59.9 cm³/mol. The van der Waals surface area contributed by atoms with Gasteiger partial charge in [0.15, 0.2) is 5.78 Å². The van der Waals surface area contributed by atoms with Crippen molar-refractivity contribution >= 4 is 5.78 Å². The number of Topliss-reactive ketones (excluding diaryl/α,β-unsaturated/α-hetero) is 1. The Morgan fingerprint density at radius 1 is 1.40 bits per heavy atom. The third-order valence-corrected chi connectivity index (χ3v) is 2.98. The number of carbonyl (C=O) groups is 1. The molecule has 1 fully saturated rings. The summed E-state index contributed by atoms with van der Waals surface area (Å²) >= 11 is 0. The van der Waals surface area contributed by atoms with Gasteiger partial charge in [0.05, 0.1) is 5.69 Å². The number of nitrogens with one attached hydrogen (secondary N) is 1. The average Bonchev–Trinajstić information content (AvgIpc) is 2.68. The van der Waals surface area contributed by atoms with Gasteiger partial charge in [0.25, 0.3) is 0 Å². The summed E-state index contributed by atoms with van der Waals surface area (Å²) in [6, 6.07) is 1.97. The first kappa shape index (κ1) is 10.4. The van der Waals surface area contributed by atoms with Gasteiger partial charge in [-0.15, -0.1) is 0 Å². The summed E-state index contributed by atoms with van der Waals surface area (Å²) in [4.78, 5) is 16.6. The minimum atomic E-state index is 0.111. The van der Waals surface area contributed by atoms with Crippen LogP contribution >= 0.6 is 0 Å². The van der Waals surface area contributed by atoms with Crippen molar-refractivity contribution in [1.82, 2.24) is 9.88 Å². The van der Waals surface area contributed by atoms with Crippen LogP contribution in [0, 0.1) is 0 Å².